The van der Waals surface area contributed by atoms with Gasteiger partial charge in [-0.15, -0.1) is 0 Å². The van der Waals surface area contributed by atoms with Crippen molar-refractivity contribution >= 4 is 17.0 Å². The predicted octanol–water partition coefficient (Wildman–Crippen LogP) is 3.07. The number of methoxy groups -OCH3 is 1. The van der Waals surface area contributed by atoms with E-state index in [1.165, 1.54) is 25.5 Å². The first-order valence-electron chi connectivity index (χ1n) is 6.73. The number of nitrogens with zero attached hydrogens (tertiary/aromatic N) is 1. The van der Waals surface area contributed by atoms with Gasteiger partial charge < -0.3 is 10.1 Å². The summed E-state index contributed by atoms with van der Waals surface area (Å²) in [7, 11) is 1.41. The average molecular weight is 258 g/mol. The van der Waals surface area contributed by atoms with Gasteiger partial charge in [0.2, 0.25) is 0 Å². The van der Waals surface area contributed by atoms with E-state index >= 15 is 0 Å². The first-order chi connectivity index (χ1) is 9.31. The molecule has 1 aromatic heterocycles. The summed E-state index contributed by atoms with van der Waals surface area (Å²) in [6.07, 6.45) is 5.16. The van der Waals surface area contributed by atoms with Crippen molar-refractivity contribution in [2.24, 2.45) is 0 Å². The topological polar surface area (TPSA) is 43.3 Å². The third-order valence-electron chi connectivity index (χ3n) is 3.80. The summed E-state index contributed by atoms with van der Waals surface area (Å²) in [6.45, 7) is 1.04. The van der Waals surface area contributed by atoms with E-state index in [1.807, 2.05) is 24.4 Å². The second kappa shape index (κ2) is 5.05. The van der Waals surface area contributed by atoms with Crippen LogP contribution in [0.4, 0.5) is 4.79 Å². The Morgan fingerprint density at radius 2 is 2.21 bits per heavy atom. The van der Waals surface area contributed by atoms with Gasteiger partial charge in [-0.25, -0.2) is 4.79 Å². The van der Waals surface area contributed by atoms with E-state index in [-0.39, 0.29) is 6.09 Å². The molecule has 2 aromatic rings. The minimum Gasteiger partial charge on any atom is -0.452 e. The van der Waals surface area contributed by atoms with Gasteiger partial charge in [-0.2, -0.15) is 0 Å². The molecule has 1 fully saturated rings. The summed E-state index contributed by atoms with van der Waals surface area (Å²) in [5, 5.41) is 4.66. The van der Waals surface area contributed by atoms with E-state index in [0.717, 1.165) is 23.9 Å². The van der Waals surface area contributed by atoms with Gasteiger partial charge in [-0.1, -0.05) is 24.6 Å². The van der Waals surface area contributed by atoms with E-state index in [9.17, 15) is 4.79 Å². The molecule has 4 heteroatoms. The largest absolute Gasteiger partial charge is 0.452 e. The predicted molar refractivity (Wildman–Crippen MR) is 74.3 cm³/mol. The molecule has 0 amide bonds. The van der Waals surface area contributed by atoms with Crippen LogP contribution >= 0.6 is 0 Å². The maximum Gasteiger partial charge on any atom is 0.418 e. The van der Waals surface area contributed by atoms with Crippen LogP contribution in [0.25, 0.3) is 10.9 Å². The highest BCUT2D eigenvalue weighted by Gasteiger charge is 2.21. The van der Waals surface area contributed by atoms with Gasteiger partial charge in [0, 0.05) is 17.6 Å². The molecule has 100 valence electrons. The standard InChI is InChI=1S/C15H18N2O2/c1-19-15(18)17-10-12(13-7-4-5-9-16-13)11-6-2-3-8-14(11)17/h2-3,6,8,10,13,16H,4-5,7,9H2,1H3/t13-/m0/s1. The quantitative estimate of drug-likeness (QED) is 0.854. The molecule has 1 aliphatic heterocycles. The van der Waals surface area contributed by atoms with E-state index in [1.54, 1.807) is 4.57 Å². The van der Waals surface area contributed by atoms with Crippen molar-refractivity contribution in [2.75, 3.05) is 13.7 Å². The Labute approximate surface area is 112 Å². The molecule has 0 radical (unpaired) electrons. The Balaban J connectivity index is 2.11. The fourth-order valence-corrected chi connectivity index (χ4v) is 2.85. The van der Waals surface area contributed by atoms with Crippen LogP contribution in [0, 0.1) is 0 Å². The molecule has 2 heterocycles. The number of nitrogens with one attached hydrogen (secondary N) is 1. The summed E-state index contributed by atoms with van der Waals surface area (Å²) in [5.74, 6) is 0. The van der Waals surface area contributed by atoms with Crippen LogP contribution in [0.1, 0.15) is 30.9 Å². The summed E-state index contributed by atoms with van der Waals surface area (Å²) in [6, 6.07) is 8.32. The van der Waals surface area contributed by atoms with E-state index in [2.05, 4.69) is 11.4 Å². The lowest BCUT2D eigenvalue weighted by Crippen LogP contribution is -2.26. The minimum atomic E-state index is -0.335. The Morgan fingerprint density at radius 3 is 2.95 bits per heavy atom. The van der Waals surface area contributed by atoms with Crippen LogP contribution in [0.15, 0.2) is 30.5 Å². The van der Waals surface area contributed by atoms with Crippen molar-refractivity contribution in [3.05, 3.63) is 36.0 Å². The number of hydrogen-bond acceptors (Lipinski definition) is 3. The van der Waals surface area contributed by atoms with Gasteiger partial charge in [0.15, 0.2) is 0 Å². The number of ether oxygens (including phenoxy) is 1. The third kappa shape index (κ3) is 2.12. The molecule has 1 saturated heterocycles. The molecule has 3 rings (SSSR count). The average Bonchev–Trinajstić information content (AvgIpc) is 2.87. The number of aromatic nitrogens is 1. The van der Waals surface area contributed by atoms with Crippen molar-refractivity contribution < 1.29 is 9.53 Å². The molecular weight excluding hydrogens is 240 g/mol. The number of carbonyl (C=O) groups excluding carboxylic acids is 1. The van der Waals surface area contributed by atoms with Crippen LogP contribution < -0.4 is 5.32 Å². The zero-order valence-corrected chi connectivity index (χ0v) is 11.1. The van der Waals surface area contributed by atoms with Crippen molar-refractivity contribution in [3.8, 4) is 0 Å². The van der Waals surface area contributed by atoms with Gasteiger partial charge in [0.25, 0.3) is 0 Å². The van der Waals surface area contributed by atoms with Gasteiger partial charge in [-0.05, 0) is 31.0 Å². The first kappa shape index (κ1) is 12.2. The molecule has 0 bridgehead atoms. The third-order valence-corrected chi connectivity index (χ3v) is 3.80. The minimum absolute atomic E-state index is 0.335. The second-order valence-electron chi connectivity index (χ2n) is 4.94. The lowest BCUT2D eigenvalue weighted by atomic mass is 9.97. The summed E-state index contributed by atoms with van der Waals surface area (Å²) >= 11 is 0. The van der Waals surface area contributed by atoms with E-state index in [0.29, 0.717) is 6.04 Å². The molecule has 1 aliphatic rings. The lowest BCUT2D eigenvalue weighted by molar-refractivity contribution is 0.174. The zero-order chi connectivity index (χ0) is 13.2. The smallest absolute Gasteiger partial charge is 0.418 e. The first-order valence-corrected chi connectivity index (χ1v) is 6.73. The summed E-state index contributed by atoms with van der Waals surface area (Å²) < 4.78 is 6.45. The number of hydrogen-bond donors (Lipinski definition) is 1. The maximum absolute atomic E-state index is 11.8. The number of para-hydroxylation sites is 1. The fraction of sp³-hybridized carbons (Fsp3) is 0.400. The van der Waals surface area contributed by atoms with Gasteiger partial charge in [0.1, 0.15) is 0 Å². The van der Waals surface area contributed by atoms with Crippen molar-refractivity contribution in [1.29, 1.82) is 0 Å². The summed E-state index contributed by atoms with van der Waals surface area (Å²) in [4.78, 5) is 11.8. The molecule has 0 unspecified atom stereocenters. The highest BCUT2D eigenvalue weighted by atomic mass is 16.5. The second-order valence-corrected chi connectivity index (χ2v) is 4.94. The monoisotopic (exact) mass is 258 g/mol. The number of piperidine rings is 1. The molecule has 4 nitrogen and oxygen atoms in total. The van der Waals surface area contributed by atoms with Crippen LogP contribution in [0.3, 0.4) is 0 Å². The molecule has 0 spiro atoms. The Morgan fingerprint density at radius 1 is 1.37 bits per heavy atom. The Kier molecular flexibility index (Phi) is 3.25. The highest BCUT2D eigenvalue weighted by molar-refractivity contribution is 5.92. The van der Waals surface area contributed by atoms with Crippen molar-refractivity contribution in [1.82, 2.24) is 9.88 Å². The molecule has 19 heavy (non-hydrogen) atoms. The van der Waals surface area contributed by atoms with Crippen LogP contribution in [-0.2, 0) is 4.74 Å². The highest BCUT2D eigenvalue weighted by Crippen LogP contribution is 2.31. The van der Waals surface area contributed by atoms with Gasteiger partial charge >= 0.3 is 6.09 Å². The van der Waals surface area contributed by atoms with Crippen LogP contribution in [0.5, 0.6) is 0 Å². The van der Waals surface area contributed by atoms with Gasteiger partial charge in [0.05, 0.1) is 12.6 Å². The van der Waals surface area contributed by atoms with Crippen molar-refractivity contribution in [3.63, 3.8) is 0 Å². The van der Waals surface area contributed by atoms with E-state index in [4.69, 9.17) is 4.74 Å². The SMILES string of the molecule is COC(=O)n1cc([C@@H]2CCCCN2)c2ccccc21. The molecule has 0 saturated carbocycles. The molecule has 0 aliphatic carbocycles. The number of fused-ring (bicyclic) bond motifs is 1. The molecular formula is C15H18N2O2. The number of carbonyl (C=O) groups is 1. The lowest BCUT2D eigenvalue weighted by Gasteiger charge is -2.23. The number of benzene rings is 1. The van der Waals surface area contributed by atoms with Crippen molar-refractivity contribution in [2.45, 2.75) is 25.3 Å². The zero-order valence-electron chi connectivity index (χ0n) is 11.1. The Hall–Kier alpha value is -1.81. The fourth-order valence-electron chi connectivity index (χ4n) is 2.85. The molecule has 1 aromatic carbocycles. The molecule has 1 atom stereocenters. The van der Waals surface area contributed by atoms with Crippen LogP contribution in [0.2, 0.25) is 0 Å². The summed E-state index contributed by atoms with van der Waals surface area (Å²) in [5.41, 5.74) is 2.11. The molecule has 1 N–H and O–H groups in total. The van der Waals surface area contributed by atoms with Crippen LogP contribution in [-0.4, -0.2) is 24.3 Å². The maximum atomic E-state index is 11.8. The Bertz CT molecular complexity index is 597. The normalized spacial score (nSPS) is 19.5. The van der Waals surface area contributed by atoms with E-state index < -0.39 is 0 Å². The number of rotatable bonds is 1. The van der Waals surface area contributed by atoms with Gasteiger partial charge in [-0.3, -0.25) is 4.57 Å².